The first kappa shape index (κ1) is 13.9. The van der Waals surface area contributed by atoms with Crippen LogP contribution < -0.4 is 40.0 Å². The Bertz CT molecular complexity index is 212. The third-order valence-corrected chi connectivity index (χ3v) is 1.12. The molecule has 0 atom stereocenters. The van der Waals surface area contributed by atoms with Gasteiger partial charge in [0.15, 0.2) is 0 Å². The molecule has 8 heteroatoms. The Morgan fingerprint density at radius 2 is 2.00 bits per heavy atom. The molecule has 0 unspecified atom stereocenters. The second-order valence-corrected chi connectivity index (χ2v) is 2.98. The van der Waals surface area contributed by atoms with Crippen LogP contribution in [0.25, 0.3) is 0 Å². The maximum atomic E-state index is 9.89. The summed E-state index contributed by atoms with van der Waals surface area (Å²) in [6, 6.07) is 0. The van der Waals surface area contributed by atoms with E-state index in [9.17, 15) is 18.3 Å². The minimum absolute atomic E-state index is 0. The van der Waals surface area contributed by atoms with Crippen molar-refractivity contribution in [2.24, 2.45) is 0 Å². The van der Waals surface area contributed by atoms with Crippen LogP contribution in [-0.4, -0.2) is 31.4 Å². The van der Waals surface area contributed by atoms with E-state index in [1.54, 1.807) is 0 Å². The molecular weight excluding hydrogens is 185 g/mol. The molecule has 0 spiro atoms. The van der Waals surface area contributed by atoms with Crippen LogP contribution in [0.3, 0.4) is 0 Å². The van der Waals surface area contributed by atoms with Gasteiger partial charge >= 0.3 is 29.6 Å². The van der Waals surface area contributed by atoms with Crippen molar-refractivity contribution in [2.75, 3.05) is 12.4 Å². The number of carboxylic acid groups (broad SMARTS) is 1. The fraction of sp³-hybridized carbons (Fsp3) is 0.667. The Hall–Kier alpha value is 0.340. The van der Waals surface area contributed by atoms with E-state index >= 15 is 0 Å². The first-order valence-electron chi connectivity index (χ1n) is 2.27. The first-order valence-corrected chi connectivity index (χ1v) is 3.88. The molecule has 2 N–H and O–H groups in total. The number of nitrogens with one attached hydrogen (secondary N) is 1. The average Bonchev–Trinajstić information content (AvgIpc) is 1.59. The van der Waals surface area contributed by atoms with Crippen LogP contribution in [0.2, 0.25) is 0 Å². The van der Waals surface area contributed by atoms with E-state index in [4.69, 9.17) is 4.55 Å². The van der Waals surface area contributed by atoms with E-state index in [1.807, 2.05) is 5.32 Å². The van der Waals surface area contributed by atoms with Crippen LogP contribution in [0.5, 0.6) is 0 Å². The number of hydrogen-bond acceptors (Lipinski definition) is 5. The topological polar surface area (TPSA) is 107 Å². The average molecular weight is 191 g/mol. The summed E-state index contributed by atoms with van der Waals surface area (Å²) in [6.45, 7) is -0.597. The van der Waals surface area contributed by atoms with Gasteiger partial charge in [-0.3, -0.25) is 9.87 Å². The van der Waals surface area contributed by atoms with E-state index in [2.05, 4.69) is 0 Å². The van der Waals surface area contributed by atoms with Gasteiger partial charge in [0.2, 0.25) is 0 Å². The Morgan fingerprint density at radius 1 is 1.55 bits per heavy atom. The molecule has 0 aromatic heterocycles. The third-order valence-electron chi connectivity index (χ3n) is 0.554. The SMILES string of the molecule is O=C([O-])CNCS(=O)(=O)O.[Na+]. The fourth-order valence-electron chi connectivity index (χ4n) is 0.282. The molecule has 60 valence electrons. The summed E-state index contributed by atoms with van der Waals surface area (Å²) in [4.78, 5) is 9.64. The first-order chi connectivity index (χ1) is 4.42. The number of carboxylic acids is 1. The number of carbonyl (C=O) groups excluding carboxylic acids is 1. The Balaban J connectivity index is 0. The van der Waals surface area contributed by atoms with E-state index in [0.29, 0.717) is 0 Å². The summed E-state index contributed by atoms with van der Waals surface area (Å²) in [6.07, 6.45) is 0. The molecule has 6 nitrogen and oxygen atoms in total. The summed E-state index contributed by atoms with van der Waals surface area (Å²) < 4.78 is 27.8. The summed E-state index contributed by atoms with van der Waals surface area (Å²) in [5.41, 5.74) is 0. The van der Waals surface area contributed by atoms with E-state index in [-0.39, 0.29) is 29.6 Å². The van der Waals surface area contributed by atoms with Gasteiger partial charge in [0, 0.05) is 6.54 Å². The zero-order valence-electron chi connectivity index (χ0n) is 5.90. The molecule has 11 heavy (non-hydrogen) atoms. The summed E-state index contributed by atoms with van der Waals surface area (Å²) >= 11 is 0. The van der Waals surface area contributed by atoms with E-state index in [1.165, 1.54) is 0 Å². The van der Waals surface area contributed by atoms with Crippen molar-refractivity contribution in [2.45, 2.75) is 0 Å². The van der Waals surface area contributed by atoms with Crippen LogP contribution in [0, 0.1) is 0 Å². The molecule has 0 aromatic rings. The van der Waals surface area contributed by atoms with Crippen LogP contribution in [0.4, 0.5) is 0 Å². The third kappa shape index (κ3) is 13.3. The van der Waals surface area contributed by atoms with Crippen LogP contribution >= 0.6 is 0 Å². The van der Waals surface area contributed by atoms with Crippen molar-refractivity contribution in [3.05, 3.63) is 0 Å². The second-order valence-electron chi connectivity index (χ2n) is 1.53. The summed E-state index contributed by atoms with van der Waals surface area (Å²) in [7, 11) is -4.12. The number of hydrogen-bond donors (Lipinski definition) is 2. The van der Waals surface area contributed by atoms with Gasteiger partial charge in [0.25, 0.3) is 10.1 Å². The number of aliphatic carboxylic acids is 1. The maximum Gasteiger partial charge on any atom is 1.00 e. The monoisotopic (exact) mass is 191 g/mol. The van der Waals surface area contributed by atoms with Gasteiger partial charge < -0.3 is 9.90 Å². The fourth-order valence-corrected chi connectivity index (χ4v) is 0.642. The smallest absolute Gasteiger partial charge is 0.549 e. The van der Waals surface area contributed by atoms with Crippen LogP contribution in [-0.2, 0) is 14.9 Å². The molecule has 0 bridgehead atoms. The summed E-state index contributed by atoms with van der Waals surface area (Å²) in [5.74, 6) is -2.20. The molecule has 0 fully saturated rings. The molecule has 0 saturated carbocycles. The van der Waals surface area contributed by atoms with Crippen molar-refractivity contribution >= 4 is 16.1 Å². The zero-order chi connectivity index (χ0) is 8.20. The largest absolute Gasteiger partial charge is 1.00 e. The van der Waals surface area contributed by atoms with Crippen molar-refractivity contribution < 1.29 is 52.4 Å². The van der Waals surface area contributed by atoms with Crippen molar-refractivity contribution in [3.63, 3.8) is 0 Å². The van der Waals surface area contributed by atoms with Gasteiger partial charge in [0.1, 0.15) is 5.88 Å². The minimum atomic E-state index is -4.12. The standard InChI is InChI=1S/C3H7NO5S.Na/c5-3(6)1-4-2-10(7,8)9;/h4H,1-2H2,(H,5,6)(H,7,8,9);/q;+1/p-1. The molecular formula is C3H6NNaO5S. The molecule has 0 rings (SSSR count). The minimum Gasteiger partial charge on any atom is -0.549 e. The normalized spacial score (nSPS) is 10.3. The van der Waals surface area contributed by atoms with Crippen molar-refractivity contribution in [3.8, 4) is 0 Å². The molecule has 0 aromatic carbocycles. The van der Waals surface area contributed by atoms with Crippen LogP contribution in [0.15, 0.2) is 0 Å². The molecule has 0 amide bonds. The van der Waals surface area contributed by atoms with Gasteiger partial charge in [0.05, 0.1) is 5.97 Å². The predicted molar refractivity (Wildman–Crippen MR) is 29.4 cm³/mol. The Kier molecular flexibility index (Phi) is 7.48. The van der Waals surface area contributed by atoms with Gasteiger partial charge in [-0.15, -0.1) is 0 Å². The predicted octanol–water partition coefficient (Wildman–Crippen LogP) is -5.82. The Labute approximate surface area is 86.0 Å². The Morgan fingerprint density at radius 3 is 2.27 bits per heavy atom. The molecule has 0 saturated heterocycles. The molecule has 0 heterocycles. The maximum absolute atomic E-state index is 9.89. The van der Waals surface area contributed by atoms with Gasteiger partial charge in [-0.1, -0.05) is 0 Å². The molecule has 0 radical (unpaired) electrons. The summed E-state index contributed by atoms with van der Waals surface area (Å²) in [5, 5.41) is 11.6. The van der Waals surface area contributed by atoms with Gasteiger partial charge in [-0.05, 0) is 0 Å². The molecule has 0 aliphatic rings. The van der Waals surface area contributed by atoms with E-state index < -0.39 is 28.5 Å². The molecule has 0 aliphatic heterocycles. The number of rotatable bonds is 4. The van der Waals surface area contributed by atoms with Crippen molar-refractivity contribution in [1.82, 2.24) is 5.32 Å². The van der Waals surface area contributed by atoms with Crippen LogP contribution in [0.1, 0.15) is 0 Å². The van der Waals surface area contributed by atoms with Crippen molar-refractivity contribution in [1.29, 1.82) is 0 Å². The molecule has 0 aliphatic carbocycles. The quantitative estimate of drug-likeness (QED) is 0.338. The van der Waals surface area contributed by atoms with E-state index in [0.717, 1.165) is 0 Å². The van der Waals surface area contributed by atoms with Gasteiger partial charge in [-0.25, -0.2) is 0 Å². The number of carbonyl (C=O) groups is 1. The second kappa shape index (κ2) is 5.92. The zero-order valence-corrected chi connectivity index (χ0v) is 8.72. The van der Waals surface area contributed by atoms with Gasteiger partial charge in [-0.2, -0.15) is 8.42 Å².